The average Bonchev–Trinajstić information content (AvgIpc) is 2.09. The lowest BCUT2D eigenvalue weighted by Crippen LogP contribution is -2.03. The van der Waals surface area contributed by atoms with E-state index in [1.165, 1.54) is 6.20 Å². The first-order chi connectivity index (χ1) is 6.18. The molecular formula is C10H10N2O. The molecule has 0 bridgehead atoms. The van der Waals surface area contributed by atoms with Crippen LogP contribution in [0.3, 0.4) is 0 Å². The predicted molar refractivity (Wildman–Crippen MR) is 51.8 cm³/mol. The molecule has 0 unspecified atom stereocenters. The van der Waals surface area contributed by atoms with Crippen molar-refractivity contribution in [3.05, 3.63) is 39.7 Å². The number of aryl methyl sites for hydroxylation is 2. The van der Waals surface area contributed by atoms with Crippen LogP contribution in [0.1, 0.15) is 11.1 Å². The van der Waals surface area contributed by atoms with Crippen LogP contribution in [0.15, 0.2) is 23.1 Å². The van der Waals surface area contributed by atoms with E-state index in [1.807, 2.05) is 26.0 Å². The summed E-state index contributed by atoms with van der Waals surface area (Å²) in [5.41, 5.74) is 3.06. The molecule has 1 aromatic heterocycles. The standard InChI is InChI=1S/C10H10N2O/c1-6-3-8-9(4-7(6)2)12-11-5-10(8)13/h3-5H,1-2H3,(H,12,13). The number of aromatic amines is 1. The summed E-state index contributed by atoms with van der Waals surface area (Å²) in [4.78, 5) is 11.4. The maximum Gasteiger partial charge on any atom is 0.207 e. The first-order valence-corrected chi connectivity index (χ1v) is 4.13. The van der Waals surface area contributed by atoms with E-state index in [9.17, 15) is 4.79 Å². The second-order valence-corrected chi connectivity index (χ2v) is 3.22. The lowest BCUT2D eigenvalue weighted by Gasteiger charge is -2.01. The van der Waals surface area contributed by atoms with Gasteiger partial charge in [-0.1, -0.05) is 0 Å². The average molecular weight is 174 g/mol. The van der Waals surface area contributed by atoms with Crippen molar-refractivity contribution in [2.45, 2.75) is 13.8 Å². The zero-order valence-electron chi connectivity index (χ0n) is 7.59. The van der Waals surface area contributed by atoms with Gasteiger partial charge in [-0.15, -0.1) is 0 Å². The van der Waals surface area contributed by atoms with Crippen LogP contribution in [-0.4, -0.2) is 10.2 Å². The van der Waals surface area contributed by atoms with Crippen LogP contribution in [0.4, 0.5) is 0 Å². The molecule has 0 aliphatic heterocycles. The molecule has 66 valence electrons. The Labute approximate surface area is 75.4 Å². The molecule has 13 heavy (non-hydrogen) atoms. The molecule has 2 aromatic rings. The van der Waals surface area contributed by atoms with Gasteiger partial charge in [-0.25, -0.2) is 0 Å². The van der Waals surface area contributed by atoms with Crippen molar-refractivity contribution in [3.63, 3.8) is 0 Å². The van der Waals surface area contributed by atoms with E-state index >= 15 is 0 Å². The topological polar surface area (TPSA) is 45.8 Å². The van der Waals surface area contributed by atoms with Crippen molar-refractivity contribution in [2.75, 3.05) is 0 Å². The largest absolute Gasteiger partial charge is 0.287 e. The maximum absolute atomic E-state index is 11.4. The normalized spacial score (nSPS) is 10.6. The minimum atomic E-state index is -0.0307. The fourth-order valence-electron chi connectivity index (χ4n) is 1.34. The molecular weight excluding hydrogens is 164 g/mol. The Balaban J connectivity index is 2.97. The fraction of sp³-hybridized carbons (Fsp3) is 0.200. The Bertz CT molecular complexity index is 514. The van der Waals surface area contributed by atoms with Crippen molar-refractivity contribution in [2.24, 2.45) is 0 Å². The summed E-state index contributed by atoms with van der Waals surface area (Å²) < 4.78 is 0. The van der Waals surface area contributed by atoms with Crippen LogP contribution in [0.2, 0.25) is 0 Å². The van der Waals surface area contributed by atoms with Crippen LogP contribution in [-0.2, 0) is 0 Å². The predicted octanol–water partition coefficient (Wildman–Crippen LogP) is 1.54. The zero-order valence-corrected chi connectivity index (χ0v) is 7.59. The summed E-state index contributed by atoms with van der Waals surface area (Å²) in [6, 6.07) is 3.84. The number of nitrogens with one attached hydrogen (secondary N) is 1. The molecule has 0 saturated carbocycles. The van der Waals surface area contributed by atoms with Gasteiger partial charge in [0.15, 0.2) is 0 Å². The van der Waals surface area contributed by atoms with Gasteiger partial charge in [0, 0.05) is 5.39 Å². The first-order valence-electron chi connectivity index (χ1n) is 4.13. The van der Waals surface area contributed by atoms with E-state index in [-0.39, 0.29) is 5.43 Å². The van der Waals surface area contributed by atoms with E-state index in [0.29, 0.717) is 5.39 Å². The monoisotopic (exact) mass is 174 g/mol. The van der Waals surface area contributed by atoms with Crippen molar-refractivity contribution >= 4 is 10.9 Å². The highest BCUT2D eigenvalue weighted by Gasteiger charge is 2.00. The summed E-state index contributed by atoms with van der Waals surface area (Å²) in [6.07, 6.45) is 1.30. The van der Waals surface area contributed by atoms with Gasteiger partial charge in [-0.2, -0.15) is 5.10 Å². The summed E-state index contributed by atoms with van der Waals surface area (Å²) in [7, 11) is 0. The van der Waals surface area contributed by atoms with Gasteiger partial charge in [0.1, 0.15) is 0 Å². The van der Waals surface area contributed by atoms with Gasteiger partial charge < -0.3 is 0 Å². The molecule has 3 heteroatoms. The second kappa shape index (κ2) is 2.69. The Morgan fingerprint density at radius 1 is 1.23 bits per heavy atom. The van der Waals surface area contributed by atoms with E-state index < -0.39 is 0 Å². The Morgan fingerprint density at radius 3 is 2.69 bits per heavy atom. The Kier molecular flexibility index (Phi) is 1.65. The molecule has 1 heterocycles. The molecule has 3 nitrogen and oxygen atoms in total. The molecule has 0 radical (unpaired) electrons. The number of benzene rings is 1. The van der Waals surface area contributed by atoms with Crippen LogP contribution in [0, 0.1) is 13.8 Å². The van der Waals surface area contributed by atoms with E-state index in [1.54, 1.807) is 0 Å². The first kappa shape index (κ1) is 7.98. The molecule has 0 saturated heterocycles. The van der Waals surface area contributed by atoms with Crippen molar-refractivity contribution in [1.29, 1.82) is 0 Å². The van der Waals surface area contributed by atoms with Gasteiger partial charge in [0.05, 0.1) is 11.7 Å². The van der Waals surface area contributed by atoms with Gasteiger partial charge >= 0.3 is 0 Å². The molecule has 2 rings (SSSR count). The van der Waals surface area contributed by atoms with Gasteiger partial charge in [-0.3, -0.25) is 9.89 Å². The van der Waals surface area contributed by atoms with Gasteiger partial charge in [-0.05, 0) is 37.1 Å². The Hall–Kier alpha value is -1.64. The Morgan fingerprint density at radius 2 is 1.92 bits per heavy atom. The molecule has 0 aliphatic rings. The summed E-state index contributed by atoms with van der Waals surface area (Å²) in [5.74, 6) is 0. The number of fused-ring (bicyclic) bond motifs is 1. The third-order valence-corrected chi connectivity index (χ3v) is 2.27. The highest BCUT2D eigenvalue weighted by molar-refractivity contribution is 5.79. The number of rotatable bonds is 0. The molecule has 0 aliphatic carbocycles. The van der Waals surface area contributed by atoms with Gasteiger partial charge in [0.25, 0.3) is 0 Å². The summed E-state index contributed by atoms with van der Waals surface area (Å²) >= 11 is 0. The van der Waals surface area contributed by atoms with Crippen LogP contribution >= 0.6 is 0 Å². The van der Waals surface area contributed by atoms with Crippen molar-refractivity contribution in [1.82, 2.24) is 10.2 Å². The number of hydrogen-bond donors (Lipinski definition) is 1. The highest BCUT2D eigenvalue weighted by atomic mass is 16.1. The molecule has 0 fully saturated rings. The van der Waals surface area contributed by atoms with Crippen molar-refractivity contribution in [3.8, 4) is 0 Å². The van der Waals surface area contributed by atoms with E-state index in [0.717, 1.165) is 16.6 Å². The number of nitrogens with zero attached hydrogens (tertiary/aromatic N) is 1. The third kappa shape index (κ3) is 1.22. The fourth-order valence-corrected chi connectivity index (χ4v) is 1.34. The summed E-state index contributed by atoms with van der Waals surface area (Å²) in [6.45, 7) is 4.01. The summed E-state index contributed by atoms with van der Waals surface area (Å²) in [5, 5.41) is 7.26. The molecule has 0 atom stereocenters. The minimum Gasteiger partial charge on any atom is -0.287 e. The number of H-pyrrole nitrogens is 1. The highest BCUT2D eigenvalue weighted by Crippen LogP contribution is 2.13. The molecule has 0 spiro atoms. The third-order valence-electron chi connectivity index (χ3n) is 2.27. The maximum atomic E-state index is 11.4. The quantitative estimate of drug-likeness (QED) is 0.658. The van der Waals surface area contributed by atoms with Gasteiger partial charge in [0.2, 0.25) is 5.43 Å². The van der Waals surface area contributed by atoms with E-state index in [2.05, 4.69) is 10.2 Å². The van der Waals surface area contributed by atoms with Crippen LogP contribution in [0.25, 0.3) is 10.9 Å². The van der Waals surface area contributed by atoms with E-state index in [4.69, 9.17) is 0 Å². The number of hydrogen-bond acceptors (Lipinski definition) is 2. The zero-order chi connectivity index (χ0) is 9.42. The minimum absolute atomic E-state index is 0.0307. The van der Waals surface area contributed by atoms with Crippen LogP contribution in [0.5, 0.6) is 0 Å². The lowest BCUT2D eigenvalue weighted by molar-refractivity contribution is 1.06. The van der Waals surface area contributed by atoms with Crippen molar-refractivity contribution < 1.29 is 0 Å². The lowest BCUT2D eigenvalue weighted by atomic mass is 10.1. The molecule has 1 aromatic carbocycles. The SMILES string of the molecule is Cc1cc2[nH]ncc(=O)c2cc1C. The second-order valence-electron chi connectivity index (χ2n) is 3.22. The molecule has 1 N–H and O–H groups in total. The number of aromatic nitrogens is 2. The smallest absolute Gasteiger partial charge is 0.207 e. The molecule has 0 amide bonds. The van der Waals surface area contributed by atoms with Crippen LogP contribution < -0.4 is 5.43 Å².